The highest BCUT2D eigenvalue weighted by Gasteiger charge is 2.43. The van der Waals surface area contributed by atoms with Crippen LogP contribution in [0.2, 0.25) is 5.02 Å². The summed E-state index contributed by atoms with van der Waals surface area (Å²) in [6.07, 6.45) is 6.43. The van der Waals surface area contributed by atoms with Gasteiger partial charge in [0.2, 0.25) is 5.91 Å². The summed E-state index contributed by atoms with van der Waals surface area (Å²) in [4.78, 5) is 29.8. The number of hydrogen-bond acceptors (Lipinski definition) is 4. The standard InChI is InChI=1S/C27H34ClN3O3S/c1-3-5-6-7-8-17-30-24(26(33)31(27(30)35)22-13-9-20(28)10-14-22)19-25(32)29-21-11-15-23(16-12-21)34-18-4-2/h9-16,24H,3-8,17-19H2,1-2H3,(H,29,32). The summed E-state index contributed by atoms with van der Waals surface area (Å²) < 4.78 is 5.59. The van der Waals surface area contributed by atoms with Gasteiger partial charge in [0.1, 0.15) is 11.8 Å². The number of hydrogen-bond donors (Lipinski definition) is 1. The highest BCUT2D eigenvalue weighted by molar-refractivity contribution is 7.80. The topological polar surface area (TPSA) is 61.9 Å². The predicted octanol–water partition coefficient (Wildman–Crippen LogP) is 6.43. The first-order valence-electron chi connectivity index (χ1n) is 12.4. The molecule has 0 aromatic heterocycles. The summed E-state index contributed by atoms with van der Waals surface area (Å²) in [5, 5.41) is 3.92. The van der Waals surface area contributed by atoms with E-state index in [1.165, 1.54) is 17.7 Å². The lowest BCUT2D eigenvalue weighted by molar-refractivity contribution is -0.124. The number of carbonyl (C=O) groups is 2. The average Bonchev–Trinajstić information content (AvgIpc) is 3.08. The molecular weight excluding hydrogens is 482 g/mol. The molecule has 1 aliphatic rings. The monoisotopic (exact) mass is 515 g/mol. The molecule has 1 N–H and O–H groups in total. The van der Waals surface area contributed by atoms with Gasteiger partial charge in [-0.2, -0.15) is 0 Å². The first-order chi connectivity index (χ1) is 16.9. The lowest BCUT2D eigenvalue weighted by Gasteiger charge is -2.24. The number of nitrogens with one attached hydrogen (secondary N) is 1. The molecule has 2 amide bonds. The number of benzene rings is 2. The average molecular weight is 516 g/mol. The van der Waals surface area contributed by atoms with E-state index in [0.717, 1.165) is 31.4 Å². The van der Waals surface area contributed by atoms with Crippen LogP contribution in [0.1, 0.15) is 58.8 Å². The molecule has 0 aliphatic carbocycles. The summed E-state index contributed by atoms with van der Waals surface area (Å²) in [7, 11) is 0. The zero-order valence-corrected chi connectivity index (χ0v) is 22.0. The zero-order chi connectivity index (χ0) is 25.2. The van der Waals surface area contributed by atoms with Crippen LogP contribution in [0.3, 0.4) is 0 Å². The lowest BCUT2D eigenvalue weighted by Crippen LogP contribution is -2.38. The van der Waals surface area contributed by atoms with Crippen LogP contribution in [0.4, 0.5) is 11.4 Å². The number of carbonyl (C=O) groups excluding carboxylic acids is 2. The fourth-order valence-corrected chi connectivity index (χ4v) is 4.58. The second-order valence-corrected chi connectivity index (χ2v) is 9.48. The zero-order valence-electron chi connectivity index (χ0n) is 20.5. The van der Waals surface area contributed by atoms with Gasteiger partial charge in [0, 0.05) is 17.3 Å². The van der Waals surface area contributed by atoms with E-state index in [0.29, 0.717) is 34.7 Å². The smallest absolute Gasteiger partial charge is 0.256 e. The van der Waals surface area contributed by atoms with Crippen molar-refractivity contribution in [2.24, 2.45) is 0 Å². The minimum absolute atomic E-state index is 0.0199. The van der Waals surface area contributed by atoms with Crippen molar-refractivity contribution < 1.29 is 14.3 Å². The molecule has 0 saturated carbocycles. The number of rotatable bonds is 13. The number of ether oxygens (including phenoxy) is 1. The van der Waals surface area contributed by atoms with Crippen LogP contribution in [0.25, 0.3) is 0 Å². The molecule has 3 rings (SSSR count). The largest absolute Gasteiger partial charge is 0.494 e. The minimum atomic E-state index is -0.642. The molecule has 1 heterocycles. The van der Waals surface area contributed by atoms with E-state index in [4.69, 9.17) is 28.6 Å². The van der Waals surface area contributed by atoms with E-state index in [2.05, 4.69) is 12.2 Å². The second-order valence-electron chi connectivity index (χ2n) is 8.68. The number of halogens is 1. The van der Waals surface area contributed by atoms with Crippen LogP contribution < -0.4 is 15.0 Å². The summed E-state index contributed by atoms with van der Waals surface area (Å²) in [6.45, 7) is 5.51. The third-order valence-corrected chi connectivity index (χ3v) is 6.56. The Morgan fingerprint density at radius 2 is 1.69 bits per heavy atom. The van der Waals surface area contributed by atoms with Crippen molar-refractivity contribution in [2.75, 3.05) is 23.4 Å². The van der Waals surface area contributed by atoms with Crippen LogP contribution in [0, 0.1) is 0 Å². The highest BCUT2D eigenvalue weighted by atomic mass is 35.5. The van der Waals surface area contributed by atoms with E-state index in [-0.39, 0.29) is 18.2 Å². The van der Waals surface area contributed by atoms with Crippen molar-refractivity contribution in [1.29, 1.82) is 0 Å². The molecule has 1 atom stereocenters. The van der Waals surface area contributed by atoms with Gasteiger partial charge in [-0.1, -0.05) is 51.1 Å². The molecule has 6 nitrogen and oxygen atoms in total. The van der Waals surface area contributed by atoms with E-state index in [9.17, 15) is 9.59 Å². The van der Waals surface area contributed by atoms with Gasteiger partial charge >= 0.3 is 0 Å². The highest BCUT2D eigenvalue weighted by Crippen LogP contribution is 2.29. The maximum Gasteiger partial charge on any atom is 0.256 e. The number of anilines is 2. The van der Waals surface area contributed by atoms with Crippen molar-refractivity contribution in [3.05, 3.63) is 53.6 Å². The maximum atomic E-state index is 13.4. The van der Waals surface area contributed by atoms with Crippen molar-refractivity contribution in [1.82, 2.24) is 4.90 Å². The van der Waals surface area contributed by atoms with Crippen molar-refractivity contribution >= 4 is 52.1 Å². The van der Waals surface area contributed by atoms with Crippen LogP contribution in [-0.4, -0.2) is 41.0 Å². The summed E-state index contributed by atoms with van der Waals surface area (Å²) in [5.41, 5.74) is 1.32. The Balaban J connectivity index is 1.70. The molecule has 0 radical (unpaired) electrons. The maximum absolute atomic E-state index is 13.4. The van der Waals surface area contributed by atoms with Gasteiger partial charge in [0.15, 0.2) is 5.11 Å². The lowest BCUT2D eigenvalue weighted by atomic mass is 10.1. The van der Waals surface area contributed by atoms with Crippen LogP contribution in [0.15, 0.2) is 48.5 Å². The van der Waals surface area contributed by atoms with Gasteiger partial charge in [0.25, 0.3) is 5.91 Å². The Morgan fingerprint density at radius 3 is 2.34 bits per heavy atom. The van der Waals surface area contributed by atoms with Gasteiger partial charge in [-0.3, -0.25) is 14.5 Å². The number of unbranched alkanes of at least 4 members (excludes halogenated alkanes) is 4. The fourth-order valence-electron chi connectivity index (χ4n) is 4.04. The number of nitrogens with zero attached hydrogens (tertiary/aromatic N) is 2. The van der Waals surface area contributed by atoms with E-state index >= 15 is 0 Å². The molecule has 8 heteroatoms. The van der Waals surface area contributed by atoms with Gasteiger partial charge in [-0.25, -0.2) is 0 Å². The molecule has 1 unspecified atom stereocenters. The summed E-state index contributed by atoms with van der Waals surface area (Å²) in [6, 6.07) is 13.6. The van der Waals surface area contributed by atoms with Crippen LogP contribution in [-0.2, 0) is 9.59 Å². The SMILES string of the molecule is CCCCCCCN1C(=S)N(c2ccc(Cl)cc2)C(=O)C1CC(=O)Nc1ccc(OCCC)cc1. The van der Waals surface area contributed by atoms with Crippen molar-refractivity contribution in [3.63, 3.8) is 0 Å². The third kappa shape index (κ3) is 7.42. The van der Waals surface area contributed by atoms with Crippen molar-refractivity contribution in [2.45, 2.75) is 64.8 Å². The Kier molecular flexibility index (Phi) is 10.4. The van der Waals surface area contributed by atoms with Crippen LogP contribution in [0.5, 0.6) is 5.75 Å². The third-order valence-electron chi connectivity index (χ3n) is 5.90. The van der Waals surface area contributed by atoms with Gasteiger partial charge in [-0.05, 0) is 73.6 Å². The van der Waals surface area contributed by atoms with E-state index in [1.54, 1.807) is 36.4 Å². The van der Waals surface area contributed by atoms with Gasteiger partial charge < -0.3 is 15.0 Å². The first kappa shape index (κ1) is 27.0. The summed E-state index contributed by atoms with van der Waals surface area (Å²) >= 11 is 11.7. The molecule has 0 bridgehead atoms. The molecule has 35 heavy (non-hydrogen) atoms. The normalized spacial score (nSPS) is 15.6. The Hall–Kier alpha value is -2.64. The Morgan fingerprint density at radius 1 is 1.00 bits per heavy atom. The molecule has 2 aromatic carbocycles. The molecule has 1 aliphatic heterocycles. The molecule has 188 valence electrons. The number of amides is 2. The van der Waals surface area contributed by atoms with Gasteiger partial charge in [0.05, 0.1) is 18.7 Å². The number of thiocarbonyl (C=S) groups is 1. The van der Waals surface area contributed by atoms with Crippen molar-refractivity contribution in [3.8, 4) is 5.75 Å². The quantitative estimate of drug-likeness (QED) is 0.246. The fraction of sp³-hybridized carbons (Fsp3) is 0.444. The molecular formula is C27H34ClN3O3S. The molecule has 1 saturated heterocycles. The minimum Gasteiger partial charge on any atom is -0.494 e. The Bertz CT molecular complexity index is 998. The van der Waals surface area contributed by atoms with Crippen LogP contribution >= 0.6 is 23.8 Å². The summed E-state index contributed by atoms with van der Waals surface area (Å²) in [5.74, 6) is 0.334. The first-order valence-corrected chi connectivity index (χ1v) is 13.2. The molecule has 0 spiro atoms. The molecule has 2 aromatic rings. The predicted molar refractivity (Wildman–Crippen MR) is 146 cm³/mol. The van der Waals surface area contributed by atoms with Gasteiger partial charge in [-0.15, -0.1) is 0 Å². The van der Waals surface area contributed by atoms with E-state index in [1.807, 2.05) is 24.0 Å². The second kappa shape index (κ2) is 13.4. The molecule has 1 fully saturated rings. The Labute approximate surface area is 218 Å². The van der Waals surface area contributed by atoms with E-state index < -0.39 is 6.04 Å².